The van der Waals surface area contributed by atoms with Crippen molar-refractivity contribution in [3.8, 4) is 11.3 Å². The average molecular weight is 351 g/mol. The van der Waals surface area contributed by atoms with E-state index in [-0.39, 0.29) is 0 Å². The van der Waals surface area contributed by atoms with Crippen molar-refractivity contribution in [1.82, 2.24) is 9.88 Å². The molecule has 110 valence electrons. The molecule has 1 aromatic carbocycles. The van der Waals surface area contributed by atoms with Crippen LogP contribution in [0, 0.1) is 0 Å². The number of nitrogens with zero attached hydrogens (tertiary/aromatic N) is 2. The molecule has 0 radical (unpaired) electrons. The molecule has 1 aromatic heterocycles. The standard InChI is InChI=1S/C15H15BrN2O3/c16-11-4-1-3-10(7-11)13-8-17-14(21-13)9-18-6-2-5-12(18)15(19)20/h1,3-4,7-8,12H,2,5-6,9H2,(H,19,20). The van der Waals surface area contributed by atoms with E-state index < -0.39 is 12.0 Å². The van der Waals surface area contributed by atoms with E-state index in [0.29, 0.717) is 24.6 Å². The molecule has 2 heterocycles. The lowest BCUT2D eigenvalue weighted by Crippen LogP contribution is -2.35. The Balaban J connectivity index is 1.75. The van der Waals surface area contributed by atoms with Crippen molar-refractivity contribution in [3.05, 3.63) is 40.8 Å². The number of hydrogen-bond donors (Lipinski definition) is 1. The highest BCUT2D eigenvalue weighted by molar-refractivity contribution is 9.10. The molecule has 1 N–H and O–H groups in total. The zero-order chi connectivity index (χ0) is 14.8. The number of rotatable bonds is 4. The largest absolute Gasteiger partial charge is 0.480 e. The van der Waals surface area contributed by atoms with Crippen molar-refractivity contribution in [2.45, 2.75) is 25.4 Å². The lowest BCUT2D eigenvalue weighted by atomic mass is 10.2. The molecule has 0 amide bonds. The Bertz CT molecular complexity index is 656. The predicted molar refractivity (Wildman–Crippen MR) is 80.7 cm³/mol. The quantitative estimate of drug-likeness (QED) is 0.917. The first-order chi connectivity index (χ1) is 10.1. The van der Waals surface area contributed by atoms with E-state index >= 15 is 0 Å². The van der Waals surface area contributed by atoms with Gasteiger partial charge < -0.3 is 9.52 Å². The molecule has 5 nitrogen and oxygen atoms in total. The predicted octanol–water partition coefficient (Wildman–Crippen LogP) is 3.15. The van der Waals surface area contributed by atoms with Gasteiger partial charge in [-0.1, -0.05) is 28.1 Å². The van der Waals surface area contributed by atoms with Crippen LogP contribution in [0.3, 0.4) is 0 Å². The van der Waals surface area contributed by atoms with Gasteiger partial charge in [0.15, 0.2) is 5.76 Å². The molecule has 1 aliphatic heterocycles. The lowest BCUT2D eigenvalue weighted by molar-refractivity contribution is -0.142. The summed E-state index contributed by atoms with van der Waals surface area (Å²) >= 11 is 3.43. The van der Waals surface area contributed by atoms with Gasteiger partial charge in [-0.25, -0.2) is 4.98 Å². The first-order valence-corrected chi connectivity index (χ1v) is 7.60. The van der Waals surface area contributed by atoms with Gasteiger partial charge in [0, 0.05) is 10.0 Å². The summed E-state index contributed by atoms with van der Waals surface area (Å²) in [5.41, 5.74) is 0.944. The van der Waals surface area contributed by atoms with Crippen LogP contribution in [-0.2, 0) is 11.3 Å². The molecule has 0 spiro atoms. The van der Waals surface area contributed by atoms with Crippen molar-refractivity contribution in [3.63, 3.8) is 0 Å². The van der Waals surface area contributed by atoms with Gasteiger partial charge in [0.1, 0.15) is 6.04 Å². The first kappa shape index (κ1) is 14.3. The molecule has 2 aromatic rings. The van der Waals surface area contributed by atoms with E-state index in [0.717, 1.165) is 23.0 Å². The molecule has 3 rings (SSSR count). The van der Waals surface area contributed by atoms with Crippen molar-refractivity contribution in [1.29, 1.82) is 0 Å². The molecular weight excluding hydrogens is 336 g/mol. The first-order valence-electron chi connectivity index (χ1n) is 6.81. The highest BCUT2D eigenvalue weighted by Crippen LogP contribution is 2.25. The van der Waals surface area contributed by atoms with Crippen LogP contribution in [0.2, 0.25) is 0 Å². The number of likely N-dealkylation sites (tertiary alicyclic amines) is 1. The van der Waals surface area contributed by atoms with Crippen molar-refractivity contribution >= 4 is 21.9 Å². The van der Waals surface area contributed by atoms with E-state index in [1.54, 1.807) is 6.20 Å². The molecule has 1 unspecified atom stereocenters. The number of halogens is 1. The van der Waals surface area contributed by atoms with Crippen LogP contribution in [0.15, 0.2) is 39.4 Å². The van der Waals surface area contributed by atoms with Gasteiger partial charge in [-0.3, -0.25) is 9.69 Å². The number of aliphatic carboxylic acids is 1. The van der Waals surface area contributed by atoms with Gasteiger partial charge in [0.05, 0.1) is 12.7 Å². The van der Waals surface area contributed by atoms with Crippen molar-refractivity contribution in [2.24, 2.45) is 0 Å². The second-order valence-corrected chi connectivity index (χ2v) is 6.01. The highest BCUT2D eigenvalue weighted by Gasteiger charge is 2.31. The van der Waals surface area contributed by atoms with Crippen LogP contribution in [0.25, 0.3) is 11.3 Å². The van der Waals surface area contributed by atoms with E-state index in [2.05, 4.69) is 20.9 Å². The number of carboxylic acid groups (broad SMARTS) is 1. The molecule has 6 heteroatoms. The van der Waals surface area contributed by atoms with E-state index in [4.69, 9.17) is 4.42 Å². The van der Waals surface area contributed by atoms with E-state index in [1.807, 2.05) is 29.2 Å². The summed E-state index contributed by atoms with van der Waals surface area (Å²) < 4.78 is 6.72. The second-order valence-electron chi connectivity index (χ2n) is 5.10. The Kier molecular flexibility index (Phi) is 4.07. The minimum atomic E-state index is -0.772. The minimum Gasteiger partial charge on any atom is -0.480 e. The molecule has 1 atom stereocenters. The fourth-order valence-electron chi connectivity index (χ4n) is 2.63. The SMILES string of the molecule is O=C(O)C1CCCN1Cc1ncc(-c2cccc(Br)c2)o1. The number of carbonyl (C=O) groups is 1. The lowest BCUT2D eigenvalue weighted by Gasteiger charge is -2.18. The van der Waals surface area contributed by atoms with Crippen LogP contribution >= 0.6 is 15.9 Å². The fourth-order valence-corrected chi connectivity index (χ4v) is 3.03. The zero-order valence-electron chi connectivity index (χ0n) is 11.3. The third kappa shape index (κ3) is 3.16. The summed E-state index contributed by atoms with van der Waals surface area (Å²) in [4.78, 5) is 17.3. The molecule has 21 heavy (non-hydrogen) atoms. The maximum Gasteiger partial charge on any atom is 0.320 e. The monoisotopic (exact) mass is 350 g/mol. The summed E-state index contributed by atoms with van der Waals surface area (Å²) in [6.07, 6.45) is 3.27. The Morgan fingerprint density at radius 1 is 1.52 bits per heavy atom. The van der Waals surface area contributed by atoms with Crippen LogP contribution in [0.4, 0.5) is 0 Å². The Morgan fingerprint density at radius 3 is 3.14 bits per heavy atom. The van der Waals surface area contributed by atoms with Gasteiger partial charge in [0.25, 0.3) is 0 Å². The molecule has 0 aliphatic carbocycles. The summed E-state index contributed by atoms with van der Waals surface area (Å²) in [5.74, 6) is 0.474. The van der Waals surface area contributed by atoms with E-state index in [1.165, 1.54) is 0 Å². The number of oxazole rings is 1. The Labute approximate surface area is 130 Å². The summed E-state index contributed by atoms with van der Waals surface area (Å²) in [6.45, 7) is 1.20. The van der Waals surface area contributed by atoms with E-state index in [9.17, 15) is 9.90 Å². The zero-order valence-corrected chi connectivity index (χ0v) is 12.9. The van der Waals surface area contributed by atoms with Crippen LogP contribution in [0.5, 0.6) is 0 Å². The molecule has 1 aliphatic rings. The Hall–Kier alpha value is -1.66. The second kappa shape index (κ2) is 5.99. The minimum absolute atomic E-state index is 0.425. The van der Waals surface area contributed by atoms with Crippen molar-refractivity contribution in [2.75, 3.05) is 6.54 Å². The summed E-state index contributed by atoms with van der Waals surface area (Å²) in [7, 11) is 0. The van der Waals surface area contributed by atoms with Gasteiger partial charge in [-0.05, 0) is 31.5 Å². The third-order valence-electron chi connectivity index (χ3n) is 3.65. The van der Waals surface area contributed by atoms with Crippen molar-refractivity contribution < 1.29 is 14.3 Å². The molecule has 0 saturated carbocycles. The summed E-state index contributed by atoms with van der Waals surface area (Å²) in [5, 5.41) is 9.18. The number of benzene rings is 1. The third-order valence-corrected chi connectivity index (χ3v) is 4.14. The van der Waals surface area contributed by atoms with Crippen LogP contribution in [0.1, 0.15) is 18.7 Å². The molecule has 1 saturated heterocycles. The number of hydrogen-bond acceptors (Lipinski definition) is 4. The summed E-state index contributed by atoms with van der Waals surface area (Å²) in [6, 6.07) is 7.36. The fraction of sp³-hybridized carbons (Fsp3) is 0.333. The topological polar surface area (TPSA) is 66.6 Å². The highest BCUT2D eigenvalue weighted by atomic mass is 79.9. The normalized spacial score (nSPS) is 19.0. The number of aromatic nitrogens is 1. The van der Waals surface area contributed by atoms with Crippen LogP contribution < -0.4 is 0 Å². The molecule has 0 bridgehead atoms. The maximum atomic E-state index is 11.2. The maximum absolute atomic E-state index is 11.2. The smallest absolute Gasteiger partial charge is 0.320 e. The van der Waals surface area contributed by atoms with Gasteiger partial charge in [-0.2, -0.15) is 0 Å². The van der Waals surface area contributed by atoms with Gasteiger partial charge in [0.2, 0.25) is 5.89 Å². The average Bonchev–Trinajstić information content (AvgIpc) is 3.08. The van der Waals surface area contributed by atoms with Crippen LogP contribution in [-0.4, -0.2) is 33.5 Å². The van der Waals surface area contributed by atoms with Gasteiger partial charge in [-0.15, -0.1) is 0 Å². The molecular formula is C15H15BrN2O3. The number of carboxylic acids is 1. The van der Waals surface area contributed by atoms with Gasteiger partial charge >= 0.3 is 5.97 Å². The molecule has 1 fully saturated rings. The Morgan fingerprint density at radius 2 is 2.38 bits per heavy atom.